The zero-order valence-electron chi connectivity index (χ0n) is 17.6. The third-order valence-electron chi connectivity index (χ3n) is 4.43. The number of hydrogen-bond acceptors (Lipinski definition) is 8. The van der Waals surface area contributed by atoms with Gasteiger partial charge in [0.05, 0.1) is 12.6 Å². The van der Waals surface area contributed by atoms with Crippen molar-refractivity contribution in [2.75, 3.05) is 11.9 Å². The van der Waals surface area contributed by atoms with Gasteiger partial charge in [-0.15, -0.1) is 0 Å². The molecule has 0 saturated heterocycles. The first kappa shape index (κ1) is 25.2. The van der Waals surface area contributed by atoms with E-state index in [1.807, 2.05) is 45.0 Å². The number of thioether (sulfide) groups is 1. The van der Waals surface area contributed by atoms with Crippen LogP contribution >= 0.6 is 42.5 Å². The van der Waals surface area contributed by atoms with Crippen LogP contribution in [0.25, 0.3) is 10.3 Å². The third kappa shape index (κ3) is 7.02. The minimum Gasteiger partial charge on any atom is -0.364 e. The SMILES string of the molecule is CC(C)C[C@H](COP(=O)(O)O)Nc1nc(SC(C)c2ccccc2Cl)nc2[nH]c(=O)sc12. The topological polar surface area (TPSA) is 137 Å². The first-order valence-electron chi connectivity index (χ1n) is 9.80. The molecular formula is C19H24ClN4O5PS2. The second kappa shape index (κ2) is 10.6. The molecule has 0 aliphatic carbocycles. The lowest BCUT2D eigenvalue weighted by Crippen LogP contribution is -2.27. The zero-order chi connectivity index (χ0) is 23.5. The molecule has 2 heterocycles. The summed E-state index contributed by atoms with van der Waals surface area (Å²) in [6.07, 6.45) is 0.573. The second-order valence-electron chi connectivity index (χ2n) is 7.59. The molecular weight excluding hydrogens is 495 g/mol. The van der Waals surface area contributed by atoms with Crippen LogP contribution in [0.5, 0.6) is 0 Å². The Morgan fingerprint density at radius 2 is 2.00 bits per heavy atom. The van der Waals surface area contributed by atoms with E-state index in [1.165, 1.54) is 11.8 Å². The number of nitrogens with one attached hydrogen (secondary N) is 2. The Hall–Kier alpha value is -1.46. The van der Waals surface area contributed by atoms with E-state index in [4.69, 9.17) is 25.9 Å². The number of phosphoric acid groups is 1. The number of phosphoric ester groups is 1. The maximum atomic E-state index is 12.0. The quantitative estimate of drug-likeness (QED) is 0.169. The van der Waals surface area contributed by atoms with Gasteiger partial charge in [0.25, 0.3) is 0 Å². The van der Waals surface area contributed by atoms with Gasteiger partial charge in [-0.3, -0.25) is 14.3 Å². The lowest BCUT2D eigenvalue weighted by molar-refractivity contribution is 0.184. The molecule has 0 saturated carbocycles. The molecule has 0 fully saturated rings. The Bertz CT molecular complexity index is 1180. The maximum absolute atomic E-state index is 12.0. The van der Waals surface area contributed by atoms with E-state index >= 15 is 0 Å². The highest BCUT2D eigenvalue weighted by atomic mass is 35.5. The van der Waals surface area contributed by atoms with Crippen LogP contribution in [0.3, 0.4) is 0 Å². The van der Waals surface area contributed by atoms with Gasteiger partial charge in [-0.05, 0) is 30.9 Å². The van der Waals surface area contributed by atoms with Crippen LogP contribution < -0.4 is 10.2 Å². The van der Waals surface area contributed by atoms with Gasteiger partial charge < -0.3 is 15.1 Å². The van der Waals surface area contributed by atoms with Crippen molar-refractivity contribution in [2.45, 2.75) is 43.6 Å². The first-order valence-corrected chi connectivity index (χ1v) is 13.4. The molecule has 3 rings (SSSR count). The largest absolute Gasteiger partial charge is 0.469 e. The monoisotopic (exact) mass is 518 g/mol. The molecule has 2 atom stereocenters. The van der Waals surface area contributed by atoms with Crippen LogP contribution in [-0.2, 0) is 9.09 Å². The molecule has 0 spiro atoms. The number of aromatic amines is 1. The number of thiazole rings is 1. The molecule has 3 aromatic rings. The van der Waals surface area contributed by atoms with E-state index in [1.54, 1.807) is 0 Å². The van der Waals surface area contributed by atoms with Crippen molar-refractivity contribution in [3.63, 3.8) is 0 Å². The van der Waals surface area contributed by atoms with Crippen molar-refractivity contribution < 1.29 is 18.9 Å². The van der Waals surface area contributed by atoms with Crippen LogP contribution in [0.15, 0.2) is 34.2 Å². The van der Waals surface area contributed by atoms with E-state index < -0.39 is 13.9 Å². The zero-order valence-corrected chi connectivity index (χ0v) is 20.9. The number of hydrogen-bond donors (Lipinski definition) is 4. The lowest BCUT2D eigenvalue weighted by atomic mass is 10.0. The number of anilines is 1. The van der Waals surface area contributed by atoms with Crippen LogP contribution in [0.2, 0.25) is 5.02 Å². The minimum absolute atomic E-state index is 0.0520. The van der Waals surface area contributed by atoms with Gasteiger partial charge in [0.2, 0.25) is 0 Å². The number of aromatic nitrogens is 3. The normalized spacial score (nSPS) is 14.1. The van der Waals surface area contributed by atoms with Crippen LogP contribution in [0.1, 0.15) is 38.0 Å². The van der Waals surface area contributed by atoms with Crippen LogP contribution in [0, 0.1) is 5.92 Å². The summed E-state index contributed by atoms with van der Waals surface area (Å²) in [4.78, 5) is 41.7. The van der Waals surface area contributed by atoms with Gasteiger partial charge in [0.15, 0.2) is 16.6 Å². The first-order chi connectivity index (χ1) is 15.0. The molecule has 0 amide bonds. The lowest BCUT2D eigenvalue weighted by Gasteiger charge is -2.22. The highest BCUT2D eigenvalue weighted by molar-refractivity contribution is 7.99. The predicted molar refractivity (Wildman–Crippen MR) is 129 cm³/mol. The van der Waals surface area contributed by atoms with Gasteiger partial charge >= 0.3 is 12.7 Å². The standard InChI is InChI=1S/C19H24ClN4O5PS2/c1-10(2)8-12(9-29-30(26,27)28)21-16-15-17(24-19(25)32-15)23-18(22-16)31-11(3)13-6-4-5-7-14(13)20/h4-7,10-12H,8-9H2,1-3H3,(H2,26,27,28)(H2,21,22,23,24,25)/t11?,12-/m1/s1. The van der Waals surface area contributed by atoms with E-state index in [9.17, 15) is 9.36 Å². The average Bonchev–Trinajstić information content (AvgIpc) is 3.06. The molecule has 0 aliphatic heterocycles. The molecule has 174 valence electrons. The summed E-state index contributed by atoms with van der Waals surface area (Å²) in [7, 11) is -4.62. The number of H-pyrrole nitrogens is 1. The van der Waals surface area contributed by atoms with Gasteiger partial charge in [-0.2, -0.15) is 0 Å². The molecule has 4 N–H and O–H groups in total. The molecule has 0 bridgehead atoms. The fourth-order valence-electron chi connectivity index (χ4n) is 3.12. The molecule has 9 nitrogen and oxygen atoms in total. The number of nitrogens with zero attached hydrogens (tertiary/aromatic N) is 2. The highest BCUT2D eigenvalue weighted by Gasteiger charge is 2.22. The van der Waals surface area contributed by atoms with Gasteiger partial charge in [-0.1, -0.05) is 66.7 Å². The Morgan fingerprint density at radius 3 is 2.66 bits per heavy atom. The number of benzene rings is 1. The predicted octanol–water partition coefficient (Wildman–Crippen LogP) is 4.82. The smallest absolute Gasteiger partial charge is 0.364 e. The average molecular weight is 519 g/mol. The van der Waals surface area contributed by atoms with E-state index in [-0.39, 0.29) is 22.6 Å². The number of halogens is 1. The Balaban J connectivity index is 1.91. The fourth-order valence-corrected chi connectivity index (χ4v) is 5.52. The van der Waals surface area contributed by atoms with Crippen molar-refractivity contribution in [3.8, 4) is 0 Å². The van der Waals surface area contributed by atoms with Crippen LogP contribution in [0.4, 0.5) is 5.82 Å². The third-order valence-corrected chi connectivity index (χ3v) is 7.14. The Labute approximate surface area is 198 Å². The van der Waals surface area contributed by atoms with Crippen molar-refractivity contribution in [2.24, 2.45) is 5.92 Å². The van der Waals surface area contributed by atoms with Crippen molar-refractivity contribution >= 4 is 58.7 Å². The molecule has 32 heavy (non-hydrogen) atoms. The van der Waals surface area contributed by atoms with Crippen molar-refractivity contribution in [1.82, 2.24) is 15.0 Å². The molecule has 0 radical (unpaired) electrons. The number of fused-ring (bicyclic) bond motifs is 1. The summed E-state index contributed by atoms with van der Waals surface area (Å²) >= 11 is 8.67. The molecule has 1 unspecified atom stereocenters. The number of rotatable bonds is 10. The summed E-state index contributed by atoms with van der Waals surface area (Å²) in [6, 6.07) is 7.08. The van der Waals surface area contributed by atoms with Crippen molar-refractivity contribution in [3.05, 3.63) is 44.5 Å². The van der Waals surface area contributed by atoms with E-state index in [0.717, 1.165) is 16.9 Å². The summed E-state index contributed by atoms with van der Waals surface area (Å²) in [6.45, 7) is 5.75. The Kier molecular flexibility index (Phi) is 8.37. The summed E-state index contributed by atoms with van der Waals surface area (Å²) in [5.74, 6) is 0.636. The fraction of sp³-hybridized carbons (Fsp3) is 0.421. The van der Waals surface area contributed by atoms with Crippen LogP contribution in [-0.4, -0.2) is 37.4 Å². The van der Waals surface area contributed by atoms with Gasteiger partial charge in [0, 0.05) is 10.3 Å². The molecule has 2 aromatic heterocycles. The maximum Gasteiger partial charge on any atom is 0.469 e. The minimum atomic E-state index is -4.62. The van der Waals surface area contributed by atoms with Gasteiger partial charge in [0.1, 0.15) is 4.70 Å². The Morgan fingerprint density at radius 1 is 1.28 bits per heavy atom. The van der Waals surface area contributed by atoms with E-state index in [2.05, 4.69) is 20.3 Å². The van der Waals surface area contributed by atoms with Crippen molar-refractivity contribution in [1.29, 1.82) is 0 Å². The summed E-state index contributed by atoms with van der Waals surface area (Å²) in [5, 5.41) is 4.22. The second-order valence-corrected chi connectivity index (χ2v) is 11.5. The van der Waals surface area contributed by atoms with E-state index in [0.29, 0.717) is 32.8 Å². The molecule has 1 aromatic carbocycles. The molecule has 0 aliphatic rings. The highest BCUT2D eigenvalue weighted by Crippen LogP contribution is 2.39. The summed E-state index contributed by atoms with van der Waals surface area (Å²) < 4.78 is 16.4. The summed E-state index contributed by atoms with van der Waals surface area (Å²) in [5.41, 5.74) is 1.33. The molecule has 13 heteroatoms. The van der Waals surface area contributed by atoms with Gasteiger partial charge in [-0.25, -0.2) is 14.5 Å².